The van der Waals surface area contributed by atoms with E-state index in [1.807, 2.05) is 25.1 Å². The van der Waals surface area contributed by atoms with Crippen molar-refractivity contribution in [3.8, 4) is 6.07 Å². The molecule has 0 saturated heterocycles. The molecule has 1 aromatic carbocycles. The van der Waals surface area contributed by atoms with Crippen molar-refractivity contribution in [2.24, 2.45) is 0 Å². The fourth-order valence-corrected chi connectivity index (χ4v) is 1.41. The molecule has 0 bridgehead atoms. The van der Waals surface area contributed by atoms with Gasteiger partial charge in [-0.15, -0.1) is 0 Å². The normalized spacial score (nSPS) is 11.5. The van der Waals surface area contributed by atoms with Gasteiger partial charge in [0.1, 0.15) is 11.6 Å². The Morgan fingerprint density at radius 3 is 2.40 bits per heavy atom. The van der Waals surface area contributed by atoms with Gasteiger partial charge in [-0.05, 0) is 17.6 Å². The van der Waals surface area contributed by atoms with E-state index < -0.39 is 5.97 Å². The van der Waals surface area contributed by atoms with Crippen LogP contribution in [0.5, 0.6) is 0 Å². The number of aliphatic carboxylic acids is 1. The maximum Gasteiger partial charge on any atom is 0.346 e. The molecular formula is C12H11NO2. The van der Waals surface area contributed by atoms with Crippen LogP contribution in [0.25, 0.3) is 5.57 Å². The molecule has 76 valence electrons. The van der Waals surface area contributed by atoms with Crippen LogP contribution in [0.3, 0.4) is 0 Å². The first-order valence-corrected chi connectivity index (χ1v) is 4.62. The zero-order valence-corrected chi connectivity index (χ0v) is 8.40. The Kier molecular flexibility index (Phi) is 3.64. The molecule has 0 aromatic heterocycles. The summed E-state index contributed by atoms with van der Waals surface area (Å²) < 4.78 is 0. The van der Waals surface area contributed by atoms with Gasteiger partial charge >= 0.3 is 5.97 Å². The molecule has 1 rings (SSSR count). The van der Waals surface area contributed by atoms with Crippen molar-refractivity contribution in [1.29, 1.82) is 5.26 Å². The van der Waals surface area contributed by atoms with E-state index in [2.05, 4.69) is 0 Å². The Balaban J connectivity index is 3.31. The minimum atomic E-state index is -1.17. The number of nitrogens with zero attached hydrogens (tertiary/aromatic N) is 1. The quantitative estimate of drug-likeness (QED) is 0.603. The highest BCUT2D eigenvalue weighted by Gasteiger charge is 2.13. The van der Waals surface area contributed by atoms with E-state index in [0.29, 0.717) is 12.0 Å². The molecule has 3 nitrogen and oxygen atoms in total. The second kappa shape index (κ2) is 4.97. The summed E-state index contributed by atoms with van der Waals surface area (Å²) in [5, 5.41) is 17.6. The predicted molar refractivity (Wildman–Crippen MR) is 56.9 cm³/mol. The van der Waals surface area contributed by atoms with Crippen molar-refractivity contribution in [2.75, 3.05) is 0 Å². The number of carbonyl (C=O) groups is 1. The van der Waals surface area contributed by atoms with E-state index in [-0.39, 0.29) is 5.57 Å². The third-order valence-electron chi connectivity index (χ3n) is 2.10. The molecule has 1 N–H and O–H groups in total. The summed E-state index contributed by atoms with van der Waals surface area (Å²) in [6.07, 6.45) is 0.527. The smallest absolute Gasteiger partial charge is 0.346 e. The molecule has 0 atom stereocenters. The summed E-state index contributed by atoms with van der Waals surface area (Å²) in [4.78, 5) is 10.8. The molecule has 0 unspecified atom stereocenters. The standard InChI is InChI=1S/C12H11NO2/c1-2-10(11(8-13)12(14)15)9-6-4-3-5-7-9/h3-7H,2H2,1H3,(H,14,15)/b11-10-. The SMILES string of the molecule is CC/C(=C(\C#N)C(=O)O)c1ccccc1. The number of allylic oxidation sites excluding steroid dienone is 1. The van der Waals surface area contributed by atoms with Crippen molar-refractivity contribution < 1.29 is 9.90 Å². The van der Waals surface area contributed by atoms with Crippen LogP contribution >= 0.6 is 0 Å². The van der Waals surface area contributed by atoms with Crippen LogP contribution < -0.4 is 0 Å². The summed E-state index contributed by atoms with van der Waals surface area (Å²) in [5.41, 5.74) is 1.19. The molecule has 0 aliphatic rings. The average molecular weight is 201 g/mol. The average Bonchev–Trinajstić information content (AvgIpc) is 2.26. The summed E-state index contributed by atoms with van der Waals surface area (Å²) in [5.74, 6) is -1.17. The zero-order chi connectivity index (χ0) is 11.3. The number of rotatable bonds is 3. The number of hydrogen-bond acceptors (Lipinski definition) is 2. The second-order valence-electron chi connectivity index (χ2n) is 2.99. The van der Waals surface area contributed by atoms with Crippen molar-refractivity contribution >= 4 is 11.5 Å². The first-order valence-electron chi connectivity index (χ1n) is 4.62. The first-order chi connectivity index (χ1) is 7.20. The van der Waals surface area contributed by atoms with Crippen molar-refractivity contribution in [1.82, 2.24) is 0 Å². The predicted octanol–water partition coefficient (Wildman–Crippen LogP) is 2.46. The summed E-state index contributed by atoms with van der Waals surface area (Å²) in [7, 11) is 0. The monoisotopic (exact) mass is 201 g/mol. The Bertz CT molecular complexity index is 427. The number of carboxylic acids is 1. The lowest BCUT2D eigenvalue weighted by Crippen LogP contribution is -2.02. The van der Waals surface area contributed by atoms with Gasteiger partial charge in [-0.1, -0.05) is 37.3 Å². The molecule has 0 radical (unpaired) electrons. The van der Waals surface area contributed by atoms with E-state index in [1.165, 1.54) is 0 Å². The van der Waals surface area contributed by atoms with E-state index in [4.69, 9.17) is 10.4 Å². The molecule has 0 aliphatic carbocycles. The van der Waals surface area contributed by atoms with Crippen LogP contribution in [0.2, 0.25) is 0 Å². The maximum atomic E-state index is 10.8. The van der Waals surface area contributed by atoms with Crippen LogP contribution in [0, 0.1) is 11.3 Å². The number of carboxylic acid groups (broad SMARTS) is 1. The minimum absolute atomic E-state index is 0.177. The van der Waals surface area contributed by atoms with Gasteiger partial charge in [0.25, 0.3) is 0 Å². The Morgan fingerprint density at radius 2 is 2.00 bits per heavy atom. The van der Waals surface area contributed by atoms with Gasteiger partial charge in [0, 0.05) is 0 Å². The van der Waals surface area contributed by atoms with Gasteiger partial charge in [-0.2, -0.15) is 5.26 Å². The van der Waals surface area contributed by atoms with E-state index >= 15 is 0 Å². The van der Waals surface area contributed by atoms with Gasteiger partial charge in [-0.25, -0.2) is 4.79 Å². The lowest BCUT2D eigenvalue weighted by atomic mass is 9.98. The van der Waals surface area contributed by atoms with Crippen LogP contribution in [0.15, 0.2) is 35.9 Å². The Morgan fingerprint density at radius 1 is 1.40 bits per heavy atom. The Hall–Kier alpha value is -2.08. The third kappa shape index (κ3) is 2.44. The molecule has 3 heteroatoms. The molecule has 0 saturated carbocycles. The minimum Gasteiger partial charge on any atom is -0.477 e. The largest absolute Gasteiger partial charge is 0.477 e. The topological polar surface area (TPSA) is 61.1 Å². The zero-order valence-electron chi connectivity index (χ0n) is 8.40. The fourth-order valence-electron chi connectivity index (χ4n) is 1.41. The molecule has 0 aliphatic heterocycles. The van der Waals surface area contributed by atoms with E-state index in [0.717, 1.165) is 5.56 Å². The lowest BCUT2D eigenvalue weighted by Gasteiger charge is -2.05. The number of nitriles is 1. The molecular weight excluding hydrogens is 190 g/mol. The van der Waals surface area contributed by atoms with Gasteiger partial charge in [-0.3, -0.25) is 0 Å². The Labute approximate surface area is 88.3 Å². The van der Waals surface area contributed by atoms with Gasteiger partial charge in [0.15, 0.2) is 0 Å². The third-order valence-corrected chi connectivity index (χ3v) is 2.10. The lowest BCUT2D eigenvalue weighted by molar-refractivity contribution is -0.132. The summed E-state index contributed by atoms with van der Waals surface area (Å²) >= 11 is 0. The molecule has 15 heavy (non-hydrogen) atoms. The van der Waals surface area contributed by atoms with Crippen molar-refractivity contribution in [3.63, 3.8) is 0 Å². The van der Waals surface area contributed by atoms with Crippen LogP contribution in [-0.4, -0.2) is 11.1 Å². The van der Waals surface area contributed by atoms with Crippen molar-refractivity contribution in [2.45, 2.75) is 13.3 Å². The highest BCUT2D eigenvalue weighted by molar-refractivity contribution is 6.00. The van der Waals surface area contributed by atoms with Crippen LogP contribution in [-0.2, 0) is 4.79 Å². The van der Waals surface area contributed by atoms with Gasteiger partial charge in [0.05, 0.1) is 0 Å². The highest BCUT2D eigenvalue weighted by Crippen LogP contribution is 2.21. The van der Waals surface area contributed by atoms with E-state index in [1.54, 1.807) is 18.2 Å². The molecule has 0 fully saturated rings. The second-order valence-corrected chi connectivity index (χ2v) is 2.99. The van der Waals surface area contributed by atoms with Gasteiger partial charge < -0.3 is 5.11 Å². The maximum absolute atomic E-state index is 10.8. The molecule has 0 amide bonds. The van der Waals surface area contributed by atoms with Crippen LogP contribution in [0.1, 0.15) is 18.9 Å². The molecule has 1 aromatic rings. The highest BCUT2D eigenvalue weighted by atomic mass is 16.4. The van der Waals surface area contributed by atoms with E-state index in [9.17, 15) is 4.79 Å². The first kappa shape index (κ1) is 11.0. The van der Waals surface area contributed by atoms with Crippen molar-refractivity contribution in [3.05, 3.63) is 41.5 Å². The van der Waals surface area contributed by atoms with Gasteiger partial charge in [0.2, 0.25) is 0 Å². The molecule has 0 heterocycles. The number of benzene rings is 1. The van der Waals surface area contributed by atoms with Crippen LogP contribution in [0.4, 0.5) is 0 Å². The summed E-state index contributed by atoms with van der Waals surface area (Å²) in [6, 6.07) is 10.8. The fraction of sp³-hybridized carbons (Fsp3) is 0.167. The number of hydrogen-bond donors (Lipinski definition) is 1. The molecule has 0 spiro atoms. The summed E-state index contributed by atoms with van der Waals surface area (Å²) in [6.45, 7) is 1.84.